The second-order valence-electron chi connectivity index (χ2n) is 4.22. The summed E-state index contributed by atoms with van der Waals surface area (Å²) in [7, 11) is 0. The van der Waals surface area contributed by atoms with E-state index in [0.29, 0.717) is 12.3 Å². The average Bonchev–Trinajstić information content (AvgIpc) is 2.63. The topological polar surface area (TPSA) is 34.1 Å². The minimum absolute atomic E-state index is 0.140. The first-order valence-corrected chi connectivity index (χ1v) is 4.11. The van der Waals surface area contributed by atoms with Gasteiger partial charge in [-0.25, -0.2) is 0 Å². The van der Waals surface area contributed by atoms with Crippen LogP contribution in [0.25, 0.3) is 0 Å². The molecule has 2 fully saturated rings. The molecule has 0 saturated heterocycles. The Labute approximate surface area is 66.0 Å². The van der Waals surface area contributed by atoms with E-state index >= 15 is 0 Å². The normalized spacial score (nSPS) is 40.2. The van der Waals surface area contributed by atoms with Gasteiger partial charge in [-0.3, -0.25) is 9.59 Å². The summed E-state index contributed by atoms with van der Waals surface area (Å²) < 4.78 is 0. The van der Waals surface area contributed by atoms with Gasteiger partial charge in [0.2, 0.25) is 0 Å². The Morgan fingerprint density at radius 3 is 2.64 bits per heavy atom. The molecule has 11 heavy (non-hydrogen) atoms. The van der Waals surface area contributed by atoms with Crippen LogP contribution in [0.3, 0.4) is 0 Å². The third-order valence-electron chi connectivity index (χ3n) is 3.02. The third-order valence-corrected chi connectivity index (χ3v) is 3.02. The highest BCUT2D eigenvalue weighted by molar-refractivity contribution is 6.10. The van der Waals surface area contributed by atoms with Crippen molar-refractivity contribution in [2.45, 2.75) is 26.7 Å². The molecule has 2 aliphatic rings. The van der Waals surface area contributed by atoms with Gasteiger partial charge in [-0.1, -0.05) is 0 Å². The lowest BCUT2D eigenvalue weighted by molar-refractivity contribution is -0.142. The maximum atomic E-state index is 11.5. The van der Waals surface area contributed by atoms with Gasteiger partial charge in [0.1, 0.15) is 11.6 Å². The zero-order valence-corrected chi connectivity index (χ0v) is 6.89. The molecule has 2 aliphatic carbocycles. The van der Waals surface area contributed by atoms with E-state index in [1.54, 1.807) is 13.8 Å². The van der Waals surface area contributed by atoms with Crippen molar-refractivity contribution >= 4 is 11.6 Å². The van der Waals surface area contributed by atoms with Crippen LogP contribution in [0.15, 0.2) is 0 Å². The van der Waals surface area contributed by atoms with E-state index in [0.717, 1.165) is 6.42 Å². The van der Waals surface area contributed by atoms with Crippen molar-refractivity contribution in [1.82, 2.24) is 0 Å². The second kappa shape index (κ2) is 1.74. The summed E-state index contributed by atoms with van der Waals surface area (Å²) in [6.07, 6.45) is 1.61. The quantitative estimate of drug-likeness (QED) is 0.488. The SMILES string of the molecule is CC1(C)C(=O)CC2CC2C1=O. The van der Waals surface area contributed by atoms with Crippen LogP contribution in [-0.2, 0) is 9.59 Å². The summed E-state index contributed by atoms with van der Waals surface area (Å²) in [5.41, 5.74) is -0.669. The second-order valence-corrected chi connectivity index (χ2v) is 4.22. The Hall–Kier alpha value is -0.660. The lowest BCUT2D eigenvalue weighted by atomic mass is 9.75. The number of carbonyl (C=O) groups excluding carboxylic acids is 2. The van der Waals surface area contributed by atoms with Crippen LogP contribution in [0.4, 0.5) is 0 Å². The number of rotatable bonds is 0. The fraction of sp³-hybridized carbons (Fsp3) is 0.778. The van der Waals surface area contributed by atoms with Gasteiger partial charge in [0.15, 0.2) is 0 Å². The fourth-order valence-electron chi connectivity index (χ4n) is 1.89. The van der Waals surface area contributed by atoms with Crippen molar-refractivity contribution in [2.75, 3.05) is 0 Å². The molecule has 2 nitrogen and oxygen atoms in total. The molecule has 0 N–H and O–H groups in total. The first-order valence-electron chi connectivity index (χ1n) is 4.11. The summed E-state index contributed by atoms with van der Waals surface area (Å²) in [4.78, 5) is 22.8. The maximum absolute atomic E-state index is 11.5. The molecule has 0 radical (unpaired) electrons. The van der Waals surface area contributed by atoms with E-state index in [-0.39, 0.29) is 17.5 Å². The van der Waals surface area contributed by atoms with E-state index in [1.807, 2.05) is 0 Å². The van der Waals surface area contributed by atoms with Crippen molar-refractivity contribution in [1.29, 1.82) is 0 Å². The number of Topliss-reactive ketones (excluding diaryl/α,β-unsaturated/α-hetero) is 2. The Bertz CT molecular complexity index is 240. The van der Waals surface area contributed by atoms with E-state index < -0.39 is 5.41 Å². The maximum Gasteiger partial charge on any atom is 0.149 e. The Kier molecular flexibility index (Phi) is 1.11. The largest absolute Gasteiger partial charge is 0.299 e. The molecule has 0 aromatic rings. The average molecular weight is 152 g/mol. The molecule has 2 rings (SSSR count). The zero-order chi connectivity index (χ0) is 8.22. The minimum atomic E-state index is -0.669. The van der Waals surface area contributed by atoms with E-state index in [4.69, 9.17) is 0 Å². The fourth-order valence-corrected chi connectivity index (χ4v) is 1.89. The van der Waals surface area contributed by atoms with Crippen LogP contribution in [0.2, 0.25) is 0 Å². The molecule has 2 unspecified atom stereocenters. The standard InChI is InChI=1S/C9H12O2/c1-9(2)7(10)4-5-3-6(5)8(9)11/h5-6H,3-4H2,1-2H3. The summed E-state index contributed by atoms with van der Waals surface area (Å²) in [5, 5.41) is 0. The van der Waals surface area contributed by atoms with Crippen LogP contribution in [-0.4, -0.2) is 11.6 Å². The molecule has 0 heterocycles. The van der Waals surface area contributed by atoms with Crippen molar-refractivity contribution in [3.8, 4) is 0 Å². The molecule has 0 bridgehead atoms. The molecule has 0 aliphatic heterocycles. The van der Waals surface area contributed by atoms with Crippen molar-refractivity contribution in [3.05, 3.63) is 0 Å². The lowest BCUT2D eigenvalue weighted by Gasteiger charge is -2.25. The molecule has 60 valence electrons. The number of carbonyl (C=O) groups is 2. The van der Waals surface area contributed by atoms with E-state index in [1.165, 1.54) is 0 Å². The molecule has 0 aromatic carbocycles. The molecule has 0 spiro atoms. The predicted octanol–water partition coefficient (Wildman–Crippen LogP) is 1.19. The summed E-state index contributed by atoms with van der Waals surface area (Å²) >= 11 is 0. The number of hydrogen-bond acceptors (Lipinski definition) is 2. The molecule has 2 heteroatoms. The first kappa shape index (κ1) is 7.01. The zero-order valence-electron chi connectivity index (χ0n) is 6.89. The highest BCUT2D eigenvalue weighted by Gasteiger charge is 2.56. The summed E-state index contributed by atoms with van der Waals surface area (Å²) in [6.45, 7) is 3.51. The molecule has 0 amide bonds. The Balaban J connectivity index is 2.32. The Morgan fingerprint density at radius 1 is 1.36 bits per heavy atom. The van der Waals surface area contributed by atoms with E-state index in [9.17, 15) is 9.59 Å². The third kappa shape index (κ3) is 0.784. The van der Waals surface area contributed by atoms with Crippen molar-refractivity contribution in [2.24, 2.45) is 17.3 Å². The van der Waals surface area contributed by atoms with E-state index in [2.05, 4.69) is 0 Å². The molecular weight excluding hydrogens is 140 g/mol. The van der Waals surface area contributed by atoms with Gasteiger partial charge >= 0.3 is 0 Å². The van der Waals surface area contributed by atoms with Crippen molar-refractivity contribution in [3.63, 3.8) is 0 Å². The number of hydrogen-bond donors (Lipinski definition) is 0. The van der Waals surface area contributed by atoms with Gasteiger partial charge in [-0.2, -0.15) is 0 Å². The highest BCUT2D eigenvalue weighted by atomic mass is 16.2. The van der Waals surface area contributed by atoms with Gasteiger partial charge in [0, 0.05) is 12.3 Å². The van der Waals surface area contributed by atoms with Gasteiger partial charge < -0.3 is 0 Å². The first-order chi connectivity index (χ1) is 5.03. The van der Waals surface area contributed by atoms with Gasteiger partial charge in [0.25, 0.3) is 0 Å². The summed E-state index contributed by atoms with van der Waals surface area (Å²) in [5.74, 6) is 0.978. The van der Waals surface area contributed by atoms with Gasteiger partial charge in [-0.05, 0) is 26.2 Å². The van der Waals surface area contributed by atoms with Crippen molar-refractivity contribution < 1.29 is 9.59 Å². The lowest BCUT2D eigenvalue weighted by Crippen LogP contribution is -2.38. The monoisotopic (exact) mass is 152 g/mol. The Morgan fingerprint density at radius 2 is 2.00 bits per heavy atom. The van der Waals surface area contributed by atoms with Crippen LogP contribution >= 0.6 is 0 Å². The molecular formula is C9H12O2. The molecule has 2 saturated carbocycles. The van der Waals surface area contributed by atoms with Crippen LogP contribution in [0.5, 0.6) is 0 Å². The molecule has 0 aromatic heterocycles. The smallest absolute Gasteiger partial charge is 0.149 e. The number of fused-ring (bicyclic) bond motifs is 1. The predicted molar refractivity (Wildman–Crippen MR) is 40.0 cm³/mol. The minimum Gasteiger partial charge on any atom is -0.299 e. The summed E-state index contributed by atoms with van der Waals surface area (Å²) in [6, 6.07) is 0. The number of ketones is 2. The van der Waals surface area contributed by atoms with Crippen LogP contribution in [0, 0.1) is 17.3 Å². The van der Waals surface area contributed by atoms with Crippen LogP contribution < -0.4 is 0 Å². The van der Waals surface area contributed by atoms with Gasteiger partial charge in [-0.15, -0.1) is 0 Å². The molecule has 2 atom stereocenters. The van der Waals surface area contributed by atoms with Crippen LogP contribution in [0.1, 0.15) is 26.7 Å². The van der Waals surface area contributed by atoms with Gasteiger partial charge in [0.05, 0.1) is 5.41 Å². The highest BCUT2D eigenvalue weighted by Crippen LogP contribution is 2.51.